The first-order valence-corrected chi connectivity index (χ1v) is 11.3. The van der Waals surface area contributed by atoms with E-state index in [1.807, 2.05) is 0 Å². The van der Waals surface area contributed by atoms with Crippen LogP contribution in [-0.4, -0.2) is 25.0 Å². The van der Waals surface area contributed by atoms with E-state index < -0.39 is 32.7 Å². The Labute approximate surface area is 181 Å². The smallest absolute Gasteiger partial charge is 0.245 e. The number of carbonyl (C=O) groups is 1. The Balaban J connectivity index is 1.54. The molecule has 4 rings (SSSR count). The lowest BCUT2D eigenvalue weighted by Crippen LogP contribution is -2.41. The molecule has 1 N–H and O–H groups in total. The van der Waals surface area contributed by atoms with Crippen molar-refractivity contribution in [3.05, 3.63) is 59.7 Å². The van der Waals surface area contributed by atoms with Crippen molar-refractivity contribution in [3.8, 4) is 0 Å². The van der Waals surface area contributed by atoms with Gasteiger partial charge in [-0.1, -0.05) is 18.0 Å². The number of rotatable bonds is 6. The molecule has 0 bridgehead atoms. The van der Waals surface area contributed by atoms with E-state index in [-0.39, 0.29) is 5.88 Å². The summed E-state index contributed by atoms with van der Waals surface area (Å²) in [7, 11) is -1.70. The summed E-state index contributed by atoms with van der Waals surface area (Å²) >= 11 is 0. The fourth-order valence-electron chi connectivity index (χ4n) is 3.95. The second-order valence-corrected chi connectivity index (χ2v) is 10.3. The van der Waals surface area contributed by atoms with Crippen molar-refractivity contribution in [2.75, 3.05) is 5.32 Å². The maximum Gasteiger partial charge on any atom is 0.245 e. The van der Waals surface area contributed by atoms with Gasteiger partial charge in [-0.05, 0) is 51.0 Å². The van der Waals surface area contributed by atoms with E-state index in [1.54, 1.807) is 33.0 Å². The molecule has 1 atom stereocenters. The van der Waals surface area contributed by atoms with Crippen molar-refractivity contribution >= 4 is 22.6 Å². The fraction of sp³-hybridized carbons (Fsp3) is 0.409. The predicted molar refractivity (Wildman–Crippen MR) is 113 cm³/mol. The Hall–Kier alpha value is -2.81. The summed E-state index contributed by atoms with van der Waals surface area (Å²) in [6.45, 7) is 4.92. The van der Waals surface area contributed by atoms with Gasteiger partial charge in [-0.15, -0.1) is 0 Å². The van der Waals surface area contributed by atoms with Gasteiger partial charge in [0.15, 0.2) is 5.89 Å². The monoisotopic (exact) mass is 445 g/mol. The minimum Gasteiger partial charge on any atom is -0.445 e. The van der Waals surface area contributed by atoms with Crippen LogP contribution in [0.5, 0.6) is 0 Å². The van der Waals surface area contributed by atoms with E-state index in [4.69, 9.17) is 8.94 Å². The molecule has 2 aromatic heterocycles. The second-order valence-electron chi connectivity index (χ2n) is 8.30. The molecule has 0 spiro atoms. The van der Waals surface area contributed by atoms with Crippen LogP contribution in [0.1, 0.15) is 56.9 Å². The lowest BCUT2D eigenvalue weighted by molar-refractivity contribution is -0.117. The molecule has 0 radical (unpaired) electrons. The number of aryl methyl sites for hydroxylation is 1. The van der Waals surface area contributed by atoms with E-state index in [0.29, 0.717) is 16.5 Å². The van der Waals surface area contributed by atoms with E-state index in [1.165, 1.54) is 24.3 Å². The van der Waals surface area contributed by atoms with Crippen LogP contribution in [0.4, 0.5) is 10.3 Å². The van der Waals surface area contributed by atoms with Gasteiger partial charge in [-0.25, -0.2) is 9.37 Å². The molecule has 1 aliphatic rings. The first-order chi connectivity index (χ1) is 14.7. The Morgan fingerprint density at radius 2 is 1.90 bits per heavy atom. The summed E-state index contributed by atoms with van der Waals surface area (Å²) in [5.74, 6) is 0.579. The molecule has 1 aliphatic carbocycles. The Morgan fingerprint density at radius 1 is 1.23 bits per heavy atom. The van der Waals surface area contributed by atoms with Crippen LogP contribution in [0, 0.1) is 12.7 Å². The number of nitrogens with one attached hydrogen (secondary N) is 1. The number of carbonyl (C=O) groups excluding carboxylic acids is 1. The highest BCUT2D eigenvalue weighted by atomic mass is 32.2. The Kier molecular flexibility index (Phi) is 5.55. The van der Waals surface area contributed by atoms with Gasteiger partial charge in [0.05, 0.1) is 28.1 Å². The maximum atomic E-state index is 13.2. The molecule has 0 aliphatic heterocycles. The van der Waals surface area contributed by atoms with Gasteiger partial charge in [-0.2, -0.15) is 0 Å². The first kappa shape index (κ1) is 21.4. The van der Waals surface area contributed by atoms with Gasteiger partial charge in [0, 0.05) is 17.9 Å². The van der Waals surface area contributed by atoms with Crippen LogP contribution >= 0.6 is 0 Å². The van der Waals surface area contributed by atoms with Crippen LogP contribution in [0.15, 0.2) is 50.4 Å². The van der Waals surface area contributed by atoms with Crippen LogP contribution in [-0.2, 0) is 21.0 Å². The highest BCUT2D eigenvalue weighted by molar-refractivity contribution is 7.87. The van der Waals surface area contributed by atoms with E-state index in [2.05, 4.69) is 15.5 Å². The number of amides is 1. The molecule has 1 amide bonds. The average Bonchev–Trinajstić information content (AvgIpc) is 3.49. The van der Waals surface area contributed by atoms with Crippen LogP contribution in [0.25, 0.3) is 0 Å². The molecular formula is C22H24FN3O4S. The molecule has 1 aromatic carbocycles. The number of anilines is 1. The summed E-state index contributed by atoms with van der Waals surface area (Å²) in [5.41, 5.74) is 0.245. The molecule has 1 unspecified atom stereocenters. The Bertz CT molecular complexity index is 1110. The van der Waals surface area contributed by atoms with Gasteiger partial charge in [0.25, 0.3) is 0 Å². The molecule has 2 heterocycles. The summed E-state index contributed by atoms with van der Waals surface area (Å²) in [6, 6.07) is 6.96. The lowest BCUT2D eigenvalue weighted by Gasteiger charge is -2.23. The van der Waals surface area contributed by atoms with Crippen molar-refractivity contribution in [2.45, 2.75) is 61.5 Å². The van der Waals surface area contributed by atoms with E-state index in [9.17, 15) is 13.4 Å². The number of halogens is 1. The number of nitrogens with zero attached hydrogens (tertiary/aromatic N) is 2. The quantitative estimate of drug-likeness (QED) is 0.600. The van der Waals surface area contributed by atoms with Crippen molar-refractivity contribution < 1.29 is 22.3 Å². The first-order valence-electron chi connectivity index (χ1n) is 10.1. The zero-order chi connectivity index (χ0) is 22.2. The van der Waals surface area contributed by atoms with Crippen LogP contribution < -0.4 is 5.32 Å². The van der Waals surface area contributed by atoms with Gasteiger partial charge in [-0.3, -0.25) is 14.3 Å². The standard InChI is InChI=1S/C22H24FN3O4S/c1-14-24-13-18(29-14)22(10-4-5-11-22)17-12-19(30-26-17)25-20(27)21(2,3)31(28)16-8-6-15(23)7-9-16/h6-9,12-13H,4-5,10-11H2,1-3H3,(H,25,27). The maximum absolute atomic E-state index is 13.2. The molecule has 1 saturated carbocycles. The van der Waals surface area contributed by atoms with Crippen molar-refractivity contribution in [1.82, 2.24) is 10.1 Å². The third-order valence-electron chi connectivity index (χ3n) is 5.83. The second kappa shape index (κ2) is 8.03. The zero-order valence-electron chi connectivity index (χ0n) is 17.6. The minimum absolute atomic E-state index is 0.173. The van der Waals surface area contributed by atoms with Crippen LogP contribution in [0.2, 0.25) is 0 Å². The number of benzene rings is 1. The third kappa shape index (κ3) is 3.94. The van der Waals surface area contributed by atoms with Crippen LogP contribution in [0.3, 0.4) is 0 Å². The number of oxazole rings is 1. The molecule has 0 saturated heterocycles. The van der Waals surface area contributed by atoms with Gasteiger partial charge in [0.1, 0.15) is 16.3 Å². The highest BCUT2D eigenvalue weighted by Crippen LogP contribution is 2.46. The Morgan fingerprint density at radius 3 is 2.52 bits per heavy atom. The largest absolute Gasteiger partial charge is 0.445 e. The molecule has 164 valence electrons. The molecule has 1 fully saturated rings. The third-order valence-corrected chi connectivity index (χ3v) is 7.64. The average molecular weight is 446 g/mol. The van der Waals surface area contributed by atoms with E-state index >= 15 is 0 Å². The molecule has 31 heavy (non-hydrogen) atoms. The lowest BCUT2D eigenvalue weighted by atomic mass is 9.80. The molecule has 9 heteroatoms. The number of aromatic nitrogens is 2. The van der Waals surface area contributed by atoms with E-state index in [0.717, 1.165) is 31.4 Å². The zero-order valence-corrected chi connectivity index (χ0v) is 18.4. The van der Waals surface area contributed by atoms with Gasteiger partial charge in [0.2, 0.25) is 11.8 Å². The summed E-state index contributed by atoms with van der Waals surface area (Å²) in [6.07, 6.45) is 5.47. The molecule has 3 aromatic rings. The number of hydrogen-bond donors (Lipinski definition) is 1. The van der Waals surface area contributed by atoms with Gasteiger partial charge >= 0.3 is 0 Å². The minimum atomic E-state index is -1.70. The highest BCUT2D eigenvalue weighted by Gasteiger charge is 2.44. The van der Waals surface area contributed by atoms with Crippen molar-refractivity contribution in [3.63, 3.8) is 0 Å². The molecular weight excluding hydrogens is 421 g/mol. The number of hydrogen-bond acceptors (Lipinski definition) is 6. The molecule has 7 nitrogen and oxygen atoms in total. The fourth-order valence-corrected chi connectivity index (χ4v) is 5.14. The SMILES string of the molecule is Cc1ncc(C2(c3cc(NC(=O)C(C)(C)S(=O)c4ccc(F)cc4)on3)CCCC2)o1. The van der Waals surface area contributed by atoms with Crippen molar-refractivity contribution in [1.29, 1.82) is 0 Å². The van der Waals surface area contributed by atoms with Crippen molar-refractivity contribution in [2.24, 2.45) is 0 Å². The predicted octanol–water partition coefficient (Wildman–Crippen LogP) is 4.50. The topological polar surface area (TPSA) is 98.2 Å². The van der Waals surface area contributed by atoms with Gasteiger partial charge < -0.3 is 8.94 Å². The summed E-state index contributed by atoms with van der Waals surface area (Å²) < 4.78 is 36.0. The summed E-state index contributed by atoms with van der Waals surface area (Å²) in [5, 5.41) is 6.89. The summed E-state index contributed by atoms with van der Waals surface area (Å²) in [4.78, 5) is 17.5. The normalized spacial score (nSPS) is 16.9.